The number of rotatable bonds is 4. The van der Waals surface area contributed by atoms with Crippen LogP contribution in [0.4, 0.5) is 0 Å². The van der Waals surface area contributed by atoms with Crippen LogP contribution in [-0.2, 0) is 0 Å². The number of hydrogen-bond donors (Lipinski definition) is 2. The molecule has 7 heteroatoms. The minimum absolute atomic E-state index is 0.00493. The van der Waals surface area contributed by atoms with Crippen LogP contribution in [0.3, 0.4) is 0 Å². The summed E-state index contributed by atoms with van der Waals surface area (Å²) in [5.74, 6) is 1.72. The molecule has 0 aliphatic carbocycles. The molecule has 104 valence electrons. The highest BCUT2D eigenvalue weighted by atomic mass is 79.9. The van der Waals surface area contributed by atoms with Crippen LogP contribution in [0, 0.1) is 0 Å². The van der Waals surface area contributed by atoms with E-state index >= 15 is 0 Å². The first kappa shape index (κ1) is 14.1. The lowest BCUT2D eigenvalue weighted by atomic mass is 10.2. The first-order chi connectivity index (χ1) is 9.63. The molecule has 0 saturated heterocycles. The third-order valence-electron chi connectivity index (χ3n) is 2.49. The molecule has 0 fully saturated rings. The molecule has 2 rings (SSSR count). The minimum atomic E-state index is -0.00493. The van der Waals surface area contributed by atoms with Crippen LogP contribution in [0.2, 0.25) is 0 Å². The molecular weight excluding hydrogens is 326 g/mol. The van der Waals surface area contributed by atoms with E-state index in [9.17, 15) is 0 Å². The summed E-state index contributed by atoms with van der Waals surface area (Å²) in [4.78, 5) is 4.08. The summed E-state index contributed by atoms with van der Waals surface area (Å²) in [7, 11) is 1.59. The van der Waals surface area contributed by atoms with Gasteiger partial charge in [-0.05, 0) is 40.2 Å². The van der Waals surface area contributed by atoms with Crippen molar-refractivity contribution in [2.45, 2.75) is 0 Å². The van der Waals surface area contributed by atoms with Crippen molar-refractivity contribution in [2.24, 2.45) is 10.9 Å². The lowest BCUT2D eigenvalue weighted by Crippen LogP contribution is -2.13. The number of pyridine rings is 1. The van der Waals surface area contributed by atoms with Crippen LogP contribution in [0.5, 0.6) is 17.4 Å². The van der Waals surface area contributed by atoms with E-state index in [1.165, 1.54) is 6.20 Å². The molecule has 0 unspecified atom stereocenters. The number of aromatic nitrogens is 1. The van der Waals surface area contributed by atoms with Gasteiger partial charge in [0.1, 0.15) is 11.5 Å². The Bertz CT molecular complexity index is 629. The highest BCUT2D eigenvalue weighted by Crippen LogP contribution is 2.31. The van der Waals surface area contributed by atoms with Gasteiger partial charge in [0, 0.05) is 17.8 Å². The topological polar surface area (TPSA) is 90.0 Å². The van der Waals surface area contributed by atoms with Gasteiger partial charge < -0.3 is 20.4 Å². The Labute approximate surface area is 124 Å². The van der Waals surface area contributed by atoms with Crippen molar-refractivity contribution in [1.82, 2.24) is 4.98 Å². The van der Waals surface area contributed by atoms with E-state index in [0.29, 0.717) is 17.2 Å². The summed E-state index contributed by atoms with van der Waals surface area (Å²) in [6, 6.07) is 8.62. The van der Waals surface area contributed by atoms with Gasteiger partial charge >= 0.3 is 0 Å². The zero-order valence-electron chi connectivity index (χ0n) is 10.6. The lowest BCUT2D eigenvalue weighted by Gasteiger charge is -2.08. The summed E-state index contributed by atoms with van der Waals surface area (Å²) >= 11 is 3.39. The maximum absolute atomic E-state index is 8.56. The minimum Gasteiger partial charge on any atom is -0.497 e. The zero-order valence-corrected chi connectivity index (χ0v) is 12.2. The summed E-state index contributed by atoms with van der Waals surface area (Å²) < 4.78 is 11.5. The molecule has 1 aromatic carbocycles. The molecular formula is C13H12BrN3O3. The first-order valence-corrected chi connectivity index (χ1v) is 6.38. The van der Waals surface area contributed by atoms with Gasteiger partial charge in [-0.1, -0.05) is 5.16 Å². The van der Waals surface area contributed by atoms with E-state index < -0.39 is 0 Å². The largest absolute Gasteiger partial charge is 0.497 e. The van der Waals surface area contributed by atoms with E-state index in [0.717, 1.165) is 10.2 Å². The van der Waals surface area contributed by atoms with Crippen LogP contribution in [0.25, 0.3) is 0 Å². The molecule has 0 atom stereocenters. The third kappa shape index (κ3) is 3.18. The first-order valence-electron chi connectivity index (χ1n) is 5.59. The SMILES string of the molecule is COc1ccc(Oc2ccc(/C(N)=N/O)cn2)c(Br)c1. The molecule has 0 spiro atoms. The molecule has 0 radical (unpaired) electrons. The van der Waals surface area contributed by atoms with Gasteiger partial charge in [-0.25, -0.2) is 4.98 Å². The van der Waals surface area contributed by atoms with Crippen molar-refractivity contribution >= 4 is 21.8 Å². The maximum Gasteiger partial charge on any atom is 0.219 e. The smallest absolute Gasteiger partial charge is 0.219 e. The van der Waals surface area contributed by atoms with Crippen LogP contribution in [0.1, 0.15) is 5.56 Å². The standard InChI is InChI=1S/C13H12BrN3O3/c1-19-9-3-4-11(10(14)6-9)20-12-5-2-8(7-16-12)13(15)17-18/h2-7,18H,1H3,(H2,15,17). The monoisotopic (exact) mass is 337 g/mol. The van der Waals surface area contributed by atoms with Crippen LogP contribution < -0.4 is 15.2 Å². The molecule has 0 saturated carbocycles. The van der Waals surface area contributed by atoms with Crippen molar-refractivity contribution in [3.8, 4) is 17.4 Å². The van der Waals surface area contributed by atoms with E-state index in [4.69, 9.17) is 20.4 Å². The van der Waals surface area contributed by atoms with Crippen molar-refractivity contribution in [3.63, 3.8) is 0 Å². The summed E-state index contributed by atoms with van der Waals surface area (Å²) in [6.07, 6.45) is 1.46. The van der Waals surface area contributed by atoms with Crippen LogP contribution >= 0.6 is 15.9 Å². The molecule has 3 N–H and O–H groups in total. The predicted molar refractivity (Wildman–Crippen MR) is 77.5 cm³/mol. The fraction of sp³-hybridized carbons (Fsp3) is 0.0769. The third-order valence-corrected chi connectivity index (χ3v) is 3.11. The Morgan fingerprint density at radius 3 is 2.70 bits per heavy atom. The quantitative estimate of drug-likeness (QED) is 0.387. The second kappa shape index (κ2) is 6.25. The van der Waals surface area contributed by atoms with Gasteiger partial charge in [-0.2, -0.15) is 0 Å². The molecule has 0 amide bonds. The predicted octanol–water partition coefficient (Wildman–Crippen LogP) is 2.74. The van der Waals surface area contributed by atoms with E-state index in [2.05, 4.69) is 26.1 Å². The normalized spacial score (nSPS) is 11.2. The van der Waals surface area contributed by atoms with E-state index in [1.54, 1.807) is 37.4 Å². The van der Waals surface area contributed by atoms with Crippen LogP contribution in [-0.4, -0.2) is 23.1 Å². The Kier molecular flexibility index (Phi) is 4.41. The Morgan fingerprint density at radius 1 is 1.35 bits per heavy atom. The molecule has 1 heterocycles. The number of halogens is 1. The number of amidine groups is 1. The number of methoxy groups -OCH3 is 1. The Morgan fingerprint density at radius 2 is 2.15 bits per heavy atom. The Balaban J connectivity index is 2.18. The van der Waals surface area contributed by atoms with Gasteiger partial charge in [0.15, 0.2) is 5.84 Å². The van der Waals surface area contributed by atoms with Crippen molar-refractivity contribution < 1.29 is 14.7 Å². The number of ether oxygens (including phenoxy) is 2. The molecule has 6 nitrogen and oxygen atoms in total. The number of nitrogens with two attached hydrogens (primary N) is 1. The second-order valence-electron chi connectivity index (χ2n) is 3.77. The number of nitrogens with zero attached hydrogens (tertiary/aromatic N) is 2. The molecule has 2 aromatic rings. The number of benzene rings is 1. The van der Waals surface area contributed by atoms with Gasteiger partial charge in [0.25, 0.3) is 0 Å². The average Bonchev–Trinajstić information content (AvgIpc) is 2.49. The Hall–Kier alpha value is -2.28. The summed E-state index contributed by atoms with van der Waals surface area (Å²) in [6.45, 7) is 0. The highest BCUT2D eigenvalue weighted by molar-refractivity contribution is 9.10. The lowest BCUT2D eigenvalue weighted by molar-refractivity contribution is 0.318. The molecule has 1 aromatic heterocycles. The summed E-state index contributed by atoms with van der Waals surface area (Å²) in [5.41, 5.74) is 5.96. The average molecular weight is 338 g/mol. The van der Waals surface area contributed by atoms with E-state index in [-0.39, 0.29) is 5.84 Å². The second-order valence-corrected chi connectivity index (χ2v) is 4.62. The van der Waals surface area contributed by atoms with Crippen LogP contribution in [0.15, 0.2) is 46.2 Å². The number of oxime groups is 1. The van der Waals surface area contributed by atoms with Gasteiger partial charge in [0.2, 0.25) is 5.88 Å². The van der Waals surface area contributed by atoms with Crippen molar-refractivity contribution in [3.05, 3.63) is 46.6 Å². The highest BCUT2D eigenvalue weighted by Gasteiger charge is 2.06. The molecule has 0 bridgehead atoms. The molecule has 20 heavy (non-hydrogen) atoms. The summed E-state index contributed by atoms with van der Waals surface area (Å²) in [5, 5.41) is 11.5. The molecule has 0 aliphatic heterocycles. The van der Waals surface area contributed by atoms with Gasteiger partial charge in [-0.3, -0.25) is 0 Å². The van der Waals surface area contributed by atoms with Gasteiger partial charge in [0.05, 0.1) is 11.6 Å². The van der Waals surface area contributed by atoms with E-state index in [1.807, 2.05) is 0 Å². The molecule has 0 aliphatic rings. The number of hydrogen-bond acceptors (Lipinski definition) is 5. The zero-order chi connectivity index (χ0) is 14.5. The van der Waals surface area contributed by atoms with Crippen molar-refractivity contribution in [1.29, 1.82) is 0 Å². The fourth-order valence-corrected chi connectivity index (χ4v) is 1.89. The van der Waals surface area contributed by atoms with Gasteiger partial charge in [-0.15, -0.1) is 0 Å². The fourth-order valence-electron chi connectivity index (χ4n) is 1.45. The van der Waals surface area contributed by atoms with Crippen molar-refractivity contribution in [2.75, 3.05) is 7.11 Å². The maximum atomic E-state index is 8.56.